The Morgan fingerprint density at radius 1 is 1.31 bits per heavy atom. The van der Waals surface area contributed by atoms with Gasteiger partial charge >= 0.3 is 0 Å². The molecule has 1 unspecified atom stereocenters. The third-order valence-corrected chi connectivity index (χ3v) is 6.19. The van der Waals surface area contributed by atoms with Crippen molar-refractivity contribution < 1.29 is 9.18 Å². The van der Waals surface area contributed by atoms with Gasteiger partial charge in [0.2, 0.25) is 5.91 Å². The van der Waals surface area contributed by atoms with Gasteiger partial charge < -0.3 is 9.80 Å². The van der Waals surface area contributed by atoms with Gasteiger partial charge in [0.05, 0.1) is 5.41 Å². The second-order valence-electron chi connectivity index (χ2n) is 7.90. The minimum atomic E-state index is -0.582. The Morgan fingerprint density at radius 2 is 2.00 bits per heavy atom. The SMILES string of the molecule is C=C(CF)CN1C(=O)C2(CCN(C(C)CCCC)CC2)c2ccccc21. The highest BCUT2D eigenvalue weighted by molar-refractivity contribution is 6.08. The summed E-state index contributed by atoms with van der Waals surface area (Å²) in [5.41, 5.74) is 2.08. The summed E-state index contributed by atoms with van der Waals surface area (Å²) >= 11 is 0. The topological polar surface area (TPSA) is 23.6 Å². The van der Waals surface area contributed by atoms with Gasteiger partial charge in [-0.2, -0.15) is 0 Å². The molecule has 2 aliphatic heterocycles. The Morgan fingerprint density at radius 3 is 2.65 bits per heavy atom. The highest BCUT2D eigenvalue weighted by Crippen LogP contribution is 2.48. The van der Waals surface area contributed by atoms with Crippen LogP contribution >= 0.6 is 0 Å². The number of alkyl halides is 1. The van der Waals surface area contributed by atoms with Crippen LogP contribution in [-0.4, -0.2) is 43.2 Å². The molecule has 0 N–H and O–H groups in total. The van der Waals surface area contributed by atoms with Gasteiger partial charge in [0.15, 0.2) is 0 Å². The zero-order chi connectivity index (χ0) is 18.7. The number of hydrogen-bond donors (Lipinski definition) is 0. The van der Waals surface area contributed by atoms with E-state index in [2.05, 4.69) is 31.4 Å². The van der Waals surface area contributed by atoms with E-state index >= 15 is 0 Å². The van der Waals surface area contributed by atoms with Crippen molar-refractivity contribution in [2.24, 2.45) is 0 Å². The van der Waals surface area contributed by atoms with Crippen molar-refractivity contribution >= 4 is 11.6 Å². The molecule has 1 aromatic carbocycles. The lowest BCUT2D eigenvalue weighted by molar-refractivity contribution is -0.125. The summed E-state index contributed by atoms with van der Waals surface area (Å²) in [4.78, 5) is 17.7. The molecule has 0 aliphatic carbocycles. The Hall–Kier alpha value is -1.68. The molecule has 2 heterocycles. The Bertz CT molecular complexity index is 664. The van der Waals surface area contributed by atoms with Crippen LogP contribution in [0.25, 0.3) is 0 Å². The molecule has 1 atom stereocenters. The van der Waals surface area contributed by atoms with Crippen LogP contribution in [-0.2, 0) is 10.2 Å². The van der Waals surface area contributed by atoms with Crippen LogP contribution in [0.3, 0.4) is 0 Å². The summed E-state index contributed by atoms with van der Waals surface area (Å²) in [5, 5.41) is 0. The normalized spacial score (nSPS) is 20.4. The van der Waals surface area contributed by atoms with Crippen LogP contribution in [0, 0.1) is 0 Å². The maximum Gasteiger partial charge on any atom is 0.238 e. The molecule has 1 fully saturated rings. The number of hydrogen-bond acceptors (Lipinski definition) is 2. The van der Waals surface area contributed by atoms with E-state index in [-0.39, 0.29) is 12.5 Å². The lowest BCUT2D eigenvalue weighted by Gasteiger charge is -2.41. The minimum absolute atomic E-state index is 0.133. The van der Waals surface area contributed by atoms with E-state index in [1.165, 1.54) is 19.3 Å². The second-order valence-corrected chi connectivity index (χ2v) is 7.90. The third kappa shape index (κ3) is 3.32. The van der Waals surface area contributed by atoms with Gasteiger partial charge in [-0.25, -0.2) is 4.39 Å². The zero-order valence-electron chi connectivity index (χ0n) is 16.1. The van der Waals surface area contributed by atoms with Gasteiger partial charge in [0.25, 0.3) is 0 Å². The predicted molar refractivity (Wildman–Crippen MR) is 105 cm³/mol. The first-order valence-electron chi connectivity index (χ1n) is 9.91. The molecule has 4 heteroatoms. The van der Waals surface area contributed by atoms with Crippen LogP contribution in [0.5, 0.6) is 0 Å². The number of rotatable bonds is 7. The van der Waals surface area contributed by atoms with Crippen LogP contribution in [0.15, 0.2) is 36.4 Å². The van der Waals surface area contributed by atoms with Gasteiger partial charge in [-0.15, -0.1) is 0 Å². The Balaban J connectivity index is 1.80. The van der Waals surface area contributed by atoms with Crippen LogP contribution < -0.4 is 4.90 Å². The molecule has 1 aromatic rings. The van der Waals surface area contributed by atoms with E-state index in [1.54, 1.807) is 4.90 Å². The number of anilines is 1. The van der Waals surface area contributed by atoms with Crippen LogP contribution in [0.4, 0.5) is 10.1 Å². The average Bonchev–Trinajstić information content (AvgIpc) is 2.89. The number of para-hydroxylation sites is 1. The predicted octanol–water partition coefficient (Wildman–Crippen LogP) is 4.47. The largest absolute Gasteiger partial charge is 0.307 e. The quantitative estimate of drug-likeness (QED) is 0.671. The lowest BCUT2D eigenvalue weighted by atomic mass is 9.73. The average molecular weight is 359 g/mol. The molecule has 0 saturated carbocycles. The fourth-order valence-corrected chi connectivity index (χ4v) is 4.53. The third-order valence-electron chi connectivity index (χ3n) is 6.19. The number of fused-ring (bicyclic) bond motifs is 2. The number of carbonyl (C=O) groups is 1. The molecule has 1 amide bonds. The number of unbranched alkanes of at least 4 members (excludes halogenated alkanes) is 1. The first-order chi connectivity index (χ1) is 12.5. The Labute approximate surface area is 156 Å². The maximum atomic E-state index is 13.4. The molecular formula is C22H31FN2O. The molecular weight excluding hydrogens is 327 g/mol. The lowest BCUT2D eigenvalue weighted by Crippen LogP contribution is -2.50. The van der Waals surface area contributed by atoms with Crippen molar-refractivity contribution in [1.29, 1.82) is 0 Å². The summed E-state index contributed by atoms with van der Waals surface area (Å²) in [6, 6.07) is 8.61. The highest BCUT2D eigenvalue weighted by atomic mass is 19.1. The molecule has 1 saturated heterocycles. The van der Waals surface area contributed by atoms with Gasteiger partial charge in [-0.05, 0) is 56.5 Å². The number of carbonyl (C=O) groups excluding carboxylic acids is 1. The zero-order valence-corrected chi connectivity index (χ0v) is 16.1. The molecule has 0 bridgehead atoms. The number of piperidine rings is 1. The van der Waals surface area contributed by atoms with Gasteiger partial charge in [0, 0.05) is 18.3 Å². The number of likely N-dealkylation sites (tertiary alicyclic amines) is 1. The molecule has 26 heavy (non-hydrogen) atoms. The fraction of sp³-hybridized carbons (Fsp3) is 0.591. The monoisotopic (exact) mass is 358 g/mol. The second kappa shape index (κ2) is 7.91. The van der Waals surface area contributed by atoms with Crippen molar-refractivity contribution in [3.05, 3.63) is 42.0 Å². The van der Waals surface area contributed by atoms with E-state index < -0.39 is 12.1 Å². The maximum absolute atomic E-state index is 13.4. The van der Waals surface area contributed by atoms with Crippen molar-refractivity contribution in [3.8, 4) is 0 Å². The number of halogens is 1. The first kappa shape index (κ1) is 19.1. The first-order valence-corrected chi connectivity index (χ1v) is 9.91. The molecule has 2 aliphatic rings. The molecule has 1 spiro atoms. The smallest absolute Gasteiger partial charge is 0.238 e. The summed E-state index contributed by atoms with van der Waals surface area (Å²) in [5.74, 6) is 0.133. The van der Waals surface area contributed by atoms with Crippen LogP contribution in [0.1, 0.15) is 51.5 Å². The van der Waals surface area contributed by atoms with E-state index in [9.17, 15) is 9.18 Å². The van der Waals surface area contributed by atoms with Crippen molar-refractivity contribution in [2.45, 2.75) is 57.4 Å². The van der Waals surface area contributed by atoms with Crippen molar-refractivity contribution in [1.82, 2.24) is 4.90 Å². The summed E-state index contributed by atoms with van der Waals surface area (Å²) < 4.78 is 13.0. The molecule has 0 aromatic heterocycles. The molecule has 0 radical (unpaired) electrons. The minimum Gasteiger partial charge on any atom is -0.307 e. The number of benzene rings is 1. The molecule has 142 valence electrons. The van der Waals surface area contributed by atoms with E-state index in [0.717, 1.165) is 37.2 Å². The Kier molecular flexibility index (Phi) is 5.81. The summed E-state index contributed by atoms with van der Waals surface area (Å²) in [6.07, 6.45) is 5.39. The van der Waals surface area contributed by atoms with E-state index in [0.29, 0.717) is 11.6 Å². The van der Waals surface area contributed by atoms with Gasteiger partial charge in [-0.3, -0.25) is 4.79 Å². The summed E-state index contributed by atoms with van der Waals surface area (Å²) in [7, 11) is 0. The number of nitrogens with zero attached hydrogens (tertiary/aromatic N) is 2. The number of amides is 1. The van der Waals surface area contributed by atoms with Crippen molar-refractivity contribution in [3.63, 3.8) is 0 Å². The van der Waals surface area contributed by atoms with E-state index in [4.69, 9.17) is 0 Å². The fourth-order valence-electron chi connectivity index (χ4n) is 4.53. The summed E-state index contributed by atoms with van der Waals surface area (Å²) in [6.45, 7) is 9.89. The van der Waals surface area contributed by atoms with Crippen LogP contribution in [0.2, 0.25) is 0 Å². The highest BCUT2D eigenvalue weighted by Gasteiger charge is 2.52. The molecule has 3 rings (SSSR count). The van der Waals surface area contributed by atoms with E-state index in [1.807, 2.05) is 18.2 Å². The van der Waals surface area contributed by atoms with Crippen molar-refractivity contribution in [2.75, 3.05) is 31.2 Å². The standard InChI is InChI=1S/C22H31FN2O/c1-4-5-8-18(3)24-13-11-22(12-14-24)19-9-6-7-10-20(19)25(21(22)26)16-17(2)15-23/h6-7,9-10,18H,2,4-5,8,11-16H2,1,3H3. The van der Waals surface area contributed by atoms with Gasteiger partial charge in [-0.1, -0.05) is 44.5 Å². The molecule has 3 nitrogen and oxygen atoms in total. The van der Waals surface area contributed by atoms with Gasteiger partial charge in [0.1, 0.15) is 6.67 Å².